The molecule has 0 aromatic rings. The molecular weight excluding hydrogens is 248 g/mol. The highest BCUT2D eigenvalue weighted by Crippen LogP contribution is 2.40. The first-order valence-corrected chi connectivity index (χ1v) is 7.90. The summed E-state index contributed by atoms with van der Waals surface area (Å²) in [5.74, 6) is 0. The predicted octanol–water partition coefficient (Wildman–Crippen LogP) is 5.45. The first kappa shape index (κ1) is 19.9. The summed E-state index contributed by atoms with van der Waals surface area (Å²) in [5, 5.41) is 0. The van der Waals surface area contributed by atoms with E-state index in [0.29, 0.717) is 5.41 Å². The molecule has 0 fully saturated rings. The molecule has 20 heavy (non-hydrogen) atoms. The van der Waals surface area contributed by atoms with Crippen LogP contribution in [0.3, 0.4) is 0 Å². The third-order valence-electron chi connectivity index (χ3n) is 4.41. The minimum Gasteiger partial charge on any atom is -0.375 e. The molecule has 0 aliphatic heterocycles. The molecule has 0 aliphatic rings. The minimum absolute atomic E-state index is 0.0574. The highest BCUT2D eigenvalue weighted by Gasteiger charge is 2.44. The SMILES string of the molecule is CC(OC(C)(C)C)C(C)(C)C(C)(C)OCCC(C)(C)C. The van der Waals surface area contributed by atoms with Crippen molar-refractivity contribution in [2.45, 2.75) is 99.9 Å². The van der Waals surface area contributed by atoms with Gasteiger partial charge in [-0.25, -0.2) is 0 Å². The van der Waals surface area contributed by atoms with Gasteiger partial charge in [-0.2, -0.15) is 0 Å². The van der Waals surface area contributed by atoms with E-state index in [9.17, 15) is 0 Å². The van der Waals surface area contributed by atoms with Crippen molar-refractivity contribution in [1.82, 2.24) is 0 Å². The van der Waals surface area contributed by atoms with Crippen molar-refractivity contribution in [3.63, 3.8) is 0 Å². The van der Waals surface area contributed by atoms with Gasteiger partial charge in [0.2, 0.25) is 0 Å². The van der Waals surface area contributed by atoms with Gasteiger partial charge in [-0.05, 0) is 53.4 Å². The maximum absolute atomic E-state index is 6.23. The summed E-state index contributed by atoms with van der Waals surface area (Å²) >= 11 is 0. The molecule has 0 saturated carbocycles. The molecular formula is C18H38O2. The fourth-order valence-electron chi connectivity index (χ4n) is 1.97. The fraction of sp³-hybridized carbons (Fsp3) is 1.00. The summed E-state index contributed by atoms with van der Waals surface area (Å²) in [6, 6.07) is 0. The van der Waals surface area contributed by atoms with Crippen LogP contribution >= 0.6 is 0 Å². The molecule has 0 radical (unpaired) electrons. The van der Waals surface area contributed by atoms with Gasteiger partial charge in [0.25, 0.3) is 0 Å². The molecule has 0 heterocycles. The topological polar surface area (TPSA) is 18.5 Å². The third-order valence-corrected chi connectivity index (χ3v) is 4.41. The van der Waals surface area contributed by atoms with Crippen LogP contribution in [0.25, 0.3) is 0 Å². The third kappa shape index (κ3) is 6.58. The Kier molecular flexibility index (Phi) is 6.33. The van der Waals surface area contributed by atoms with Gasteiger partial charge >= 0.3 is 0 Å². The van der Waals surface area contributed by atoms with Crippen LogP contribution in [-0.4, -0.2) is 23.9 Å². The molecule has 0 aromatic carbocycles. The van der Waals surface area contributed by atoms with E-state index >= 15 is 0 Å². The second-order valence-electron chi connectivity index (χ2n) is 9.26. The molecule has 0 amide bonds. The van der Waals surface area contributed by atoms with E-state index in [1.54, 1.807) is 0 Å². The van der Waals surface area contributed by atoms with Crippen LogP contribution in [0.1, 0.15) is 82.6 Å². The second-order valence-corrected chi connectivity index (χ2v) is 9.26. The van der Waals surface area contributed by atoms with Crippen LogP contribution in [0.5, 0.6) is 0 Å². The number of hydrogen-bond donors (Lipinski definition) is 0. The molecule has 0 rings (SSSR count). The van der Waals surface area contributed by atoms with Gasteiger partial charge in [0.1, 0.15) is 0 Å². The normalized spacial score (nSPS) is 16.4. The van der Waals surface area contributed by atoms with E-state index in [1.807, 2.05) is 0 Å². The van der Waals surface area contributed by atoms with Crippen molar-refractivity contribution in [3.8, 4) is 0 Å². The zero-order valence-corrected chi connectivity index (χ0v) is 15.8. The molecule has 2 nitrogen and oxygen atoms in total. The molecule has 1 unspecified atom stereocenters. The summed E-state index contributed by atoms with van der Waals surface area (Å²) in [6.45, 7) is 24.8. The maximum Gasteiger partial charge on any atom is 0.0701 e. The zero-order valence-electron chi connectivity index (χ0n) is 15.8. The number of hydrogen-bond acceptors (Lipinski definition) is 2. The largest absolute Gasteiger partial charge is 0.375 e. The predicted molar refractivity (Wildman–Crippen MR) is 88.2 cm³/mol. The lowest BCUT2D eigenvalue weighted by Gasteiger charge is -2.47. The highest BCUT2D eigenvalue weighted by atomic mass is 16.5. The van der Waals surface area contributed by atoms with Gasteiger partial charge < -0.3 is 9.47 Å². The van der Waals surface area contributed by atoms with Crippen LogP contribution in [0.2, 0.25) is 0 Å². The Balaban J connectivity index is 4.71. The van der Waals surface area contributed by atoms with E-state index in [2.05, 4.69) is 76.2 Å². The number of rotatable bonds is 6. The summed E-state index contributed by atoms with van der Waals surface area (Å²) in [5.41, 5.74) is -0.0903. The number of ether oxygens (including phenoxy) is 2. The van der Waals surface area contributed by atoms with Gasteiger partial charge in [0.05, 0.1) is 17.3 Å². The van der Waals surface area contributed by atoms with Gasteiger partial charge in [0, 0.05) is 12.0 Å². The zero-order chi connectivity index (χ0) is 16.4. The van der Waals surface area contributed by atoms with Crippen molar-refractivity contribution in [2.24, 2.45) is 10.8 Å². The van der Waals surface area contributed by atoms with Gasteiger partial charge in [0.15, 0.2) is 0 Å². The fourth-order valence-corrected chi connectivity index (χ4v) is 1.97. The Hall–Kier alpha value is -0.0800. The van der Waals surface area contributed by atoms with Crippen LogP contribution in [0.4, 0.5) is 0 Å². The first-order chi connectivity index (χ1) is 8.58. The van der Waals surface area contributed by atoms with E-state index < -0.39 is 0 Å². The van der Waals surface area contributed by atoms with Crippen LogP contribution < -0.4 is 0 Å². The smallest absolute Gasteiger partial charge is 0.0701 e. The molecule has 0 aromatic heterocycles. The van der Waals surface area contributed by atoms with E-state index in [0.717, 1.165) is 13.0 Å². The van der Waals surface area contributed by atoms with E-state index in [1.165, 1.54) is 0 Å². The lowest BCUT2D eigenvalue weighted by Crippen LogP contribution is -2.51. The average Bonchev–Trinajstić information content (AvgIpc) is 2.11. The average molecular weight is 286 g/mol. The molecule has 2 heteroatoms. The summed E-state index contributed by atoms with van der Waals surface area (Å²) in [4.78, 5) is 0. The van der Waals surface area contributed by atoms with Crippen molar-refractivity contribution in [2.75, 3.05) is 6.61 Å². The molecule has 0 aliphatic carbocycles. The Morgan fingerprint density at radius 1 is 0.800 bits per heavy atom. The second kappa shape index (κ2) is 6.36. The summed E-state index contributed by atoms with van der Waals surface area (Å²) in [6.07, 6.45) is 1.20. The molecule has 122 valence electrons. The molecule has 0 spiro atoms. The molecule has 0 saturated heterocycles. The summed E-state index contributed by atoms with van der Waals surface area (Å²) in [7, 11) is 0. The minimum atomic E-state index is -0.219. The van der Waals surface area contributed by atoms with Gasteiger partial charge in [-0.3, -0.25) is 0 Å². The highest BCUT2D eigenvalue weighted by molar-refractivity contribution is 4.93. The Bertz CT molecular complexity index is 290. The Morgan fingerprint density at radius 2 is 1.25 bits per heavy atom. The van der Waals surface area contributed by atoms with Crippen LogP contribution in [-0.2, 0) is 9.47 Å². The molecule has 1 atom stereocenters. The lowest BCUT2D eigenvalue weighted by atomic mass is 9.73. The van der Waals surface area contributed by atoms with Crippen molar-refractivity contribution in [1.29, 1.82) is 0 Å². The van der Waals surface area contributed by atoms with Crippen molar-refractivity contribution < 1.29 is 9.47 Å². The Labute approximate surface area is 127 Å². The van der Waals surface area contributed by atoms with Gasteiger partial charge in [-0.15, -0.1) is 0 Å². The van der Waals surface area contributed by atoms with Crippen molar-refractivity contribution in [3.05, 3.63) is 0 Å². The van der Waals surface area contributed by atoms with Crippen LogP contribution in [0, 0.1) is 10.8 Å². The summed E-state index contributed by atoms with van der Waals surface area (Å²) < 4.78 is 12.4. The maximum atomic E-state index is 6.23. The Morgan fingerprint density at radius 3 is 1.60 bits per heavy atom. The van der Waals surface area contributed by atoms with E-state index in [-0.39, 0.29) is 22.7 Å². The van der Waals surface area contributed by atoms with Gasteiger partial charge in [-0.1, -0.05) is 34.6 Å². The standard InChI is InChI=1S/C18H38O2/c1-14(20-16(5,6)7)17(8,9)18(10,11)19-13-12-15(2,3)4/h14H,12-13H2,1-11H3. The molecule has 0 bridgehead atoms. The lowest BCUT2D eigenvalue weighted by molar-refractivity contribution is -0.182. The quantitative estimate of drug-likeness (QED) is 0.646. The monoisotopic (exact) mass is 286 g/mol. The molecule has 0 N–H and O–H groups in total. The van der Waals surface area contributed by atoms with E-state index in [4.69, 9.17) is 9.47 Å². The van der Waals surface area contributed by atoms with Crippen LogP contribution in [0.15, 0.2) is 0 Å². The van der Waals surface area contributed by atoms with Crippen molar-refractivity contribution >= 4 is 0 Å². The first-order valence-electron chi connectivity index (χ1n) is 7.90.